The second kappa shape index (κ2) is 9.89. The Morgan fingerprint density at radius 3 is 2.38 bits per heavy atom. The van der Waals surface area contributed by atoms with Crippen molar-refractivity contribution in [2.75, 3.05) is 45.9 Å². The van der Waals surface area contributed by atoms with E-state index in [1.165, 1.54) is 0 Å². The van der Waals surface area contributed by atoms with Gasteiger partial charge in [-0.3, -0.25) is 4.90 Å². The van der Waals surface area contributed by atoms with Crippen LogP contribution in [0.2, 0.25) is 0 Å². The van der Waals surface area contributed by atoms with E-state index in [9.17, 15) is 9.59 Å². The molecule has 1 unspecified atom stereocenters. The Balaban J connectivity index is 1.86. The molecular formula is C22H32N4O3. The van der Waals surface area contributed by atoms with Gasteiger partial charge in [-0.1, -0.05) is 36.8 Å². The van der Waals surface area contributed by atoms with Crippen LogP contribution >= 0.6 is 0 Å². The van der Waals surface area contributed by atoms with Gasteiger partial charge in [0.1, 0.15) is 0 Å². The molecular weight excluding hydrogens is 368 g/mol. The average Bonchev–Trinajstić information content (AvgIpc) is 2.70. The normalized spacial score (nSPS) is 20.9. The lowest BCUT2D eigenvalue weighted by Gasteiger charge is -2.37. The van der Waals surface area contributed by atoms with Crippen LogP contribution in [0, 0.1) is 6.92 Å². The van der Waals surface area contributed by atoms with Gasteiger partial charge in [0.15, 0.2) is 0 Å². The van der Waals surface area contributed by atoms with Crippen LogP contribution in [-0.4, -0.2) is 67.7 Å². The van der Waals surface area contributed by atoms with Crippen molar-refractivity contribution >= 4 is 12.0 Å². The first-order valence-corrected chi connectivity index (χ1v) is 10.5. The van der Waals surface area contributed by atoms with Crippen LogP contribution in [0.5, 0.6) is 0 Å². The van der Waals surface area contributed by atoms with Crippen molar-refractivity contribution < 1.29 is 14.3 Å². The van der Waals surface area contributed by atoms with Gasteiger partial charge in [0, 0.05) is 38.4 Å². The molecule has 3 rings (SSSR count). The van der Waals surface area contributed by atoms with Gasteiger partial charge >= 0.3 is 12.0 Å². The number of nitrogens with one attached hydrogen (secondary N) is 2. The van der Waals surface area contributed by atoms with Crippen molar-refractivity contribution in [3.8, 4) is 0 Å². The molecule has 1 aromatic carbocycles. The Bertz CT molecular complexity index is 752. The number of piperazine rings is 1. The summed E-state index contributed by atoms with van der Waals surface area (Å²) in [5.74, 6) is -0.384. The number of carbonyl (C=O) groups is 2. The van der Waals surface area contributed by atoms with E-state index >= 15 is 0 Å². The molecule has 0 aliphatic carbocycles. The maximum atomic E-state index is 12.8. The maximum Gasteiger partial charge on any atom is 0.338 e. The van der Waals surface area contributed by atoms with Crippen LogP contribution in [0.1, 0.15) is 37.4 Å². The summed E-state index contributed by atoms with van der Waals surface area (Å²) in [5, 5.41) is 5.77. The van der Waals surface area contributed by atoms with E-state index in [2.05, 4.69) is 27.4 Å². The fourth-order valence-corrected chi connectivity index (χ4v) is 3.91. The molecule has 0 aromatic heterocycles. The summed E-state index contributed by atoms with van der Waals surface area (Å²) in [7, 11) is 0. The first-order chi connectivity index (χ1) is 14.0. The van der Waals surface area contributed by atoms with Gasteiger partial charge in [0.05, 0.1) is 18.2 Å². The highest BCUT2D eigenvalue weighted by atomic mass is 16.5. The van der Waals surface area contributed by atoms with Gasteiger partial charge in [-0.05, 0) is 32.4 Å². The van der Waals surface area contributed by atoms with Crippen molar-refractivity contribution in [2.24, 2.45) is 0 Å². The van der Waals surface area contributed by atoms with E-state index in [-0.39, 0.29) is 12.0 Å². The van der Waals surface area contributed by atoms with E-state index in [1.807, 2.05) is 31.2 Å². The molecule has 1 saturated heterocycles. The van der Waals surface area contributed by atoms with Crippen molar-refractivity contribution in [1.29, 1.82) is 0 Å². The molecule has 0 spiro atoms. The third-order valence-electron chi connectivity index (χ3n) is 5.45. The molecule has 2 aliphatic heterocycles. The Morgan fingerprint density at radius 2 is 1.76 bits per heavy atom. The monoisotopic (exact) mass is 400 g/mol. The minimum absolute atomic E-state index is 0.289. The zero-order valence-electron chi connectivity index (χ0n) is 17.7. The summed E-state index contributed by atoms with van der Waals surface area (Å²) in [6, 6.07) is 7.07. The second-order valence-corrected chi connectivity index (χ2v) is 7.67. The standard InChI is InChI=1S/C22H32N4O3/c1-4-10-25-11-13-26(14-12-25)15-18-19(21(27)29-5-2)20(24-22(28)23-18)17-8-6-16(3)7-9-17/h6-9,20H,4-5,10-15H2,1-3H3,(H2,23,24,28). The number of nitrogens with zero attached hydrogens (tertiary/aromatic N) is 2. The topological polar surface area (TPSA) is 73.9 Å². The molecule has 0 radical (unpaired) electrons. The third kappa shape index (κ3) is 5.36. The molecule has 1 fully saturated rings. The third-order valence-corrected chi connectivity index (χ3v) is 5.45. The first-order valence-electron chi connectivity index (χ1n) is 10.5. The van der Waals surface area contributed by atoms with Crippen molar-refractivity contribution in [1.82, 2.24) is 20.4 Å². The number of hydrogen-bond donors (Lipinski definition) is 2. The molecule has 2 N–H and O–H groups in total. The molecule has 1 aromatic rings. The highest BCUT2D eigenvalue weighted by Gasteiger charge is 2.34. The number of hydrogen-bond acceptors (Lipinski definition) is 5. The van der Waals surface area contributed by atoms with Gasteiger partial charge in [0.2, 0.25) is 0 Å². The number of aryl methyl sites for hydroxylation is 1. The summed E-state index contributed by atoms with van der Waals surface area (Å²) < 4.78 is 5.35. The average molecular weight is 401 g/mol. The van der Waals surface area contributed by atoms with Crippen molar-refractivity contribution in [3.63, 3.8) is 0 Å². The molecule has 2 aliphatic rings. The Hall–Kier alpha value is -2.38. The van der Waals surface area contributed by atoms with E-state index in [0.717, 1.165) is 50.3 Å². The van der Waals surface area contributed by atoms with Crippen LogP contribution < -0.4 is 10.6 Å². The van der Waals surface area contributed by atoms with Crippen LogP contribution in [0.25, 0.3) is 0 Å². The van der Waals surface area contributed by atoms with Gasteiger partial charge in [-0.25, -0.2) is 9.59 Å². The zero-order valence-corrected chi connectivity index (χ0v) is 17.7. The van der Waals surface area contributed by atoms with Crippen LogP contribution in [0.4, 0.5) is 4.79 Å². The number of esters is 1. The van der Waals surface area contributed by atoms with Crippen LogP contribution in [0.15, 0.2) is 35.5 Å². The van der Waals surface area contributed by atoms with Gasteiger partial charge in [0.25, 0.3) is 0 Å². The highest BCUT2D eigenvalue weighted by molar-refractivity contribution is 5.95. The number of benzene rings is 1. The lowest BCUT2D eigenvalue weighted by molar-refractivity contribution is -0.139. The first kappa shape index (κ1) is 21.3. The van der Waals surface area contributed by atoms with Gasteiger partial charge in [-0.2, -0.15) is 0 Å². The molecule has 2 heterocycles. The Kier molecular flexibility index (Phi) is 7.28. The van der Waals surface area contributed by atoms with Crippen LogP contribution in [-0.2, 0) is 9.53 Å². The number of carbonyl (C=O) groups excluding carboxylic acids is 2. The molecule has 7 heteroatoms. The number of ether oxygens (including phenoxy) is 1. The molecule has 2 amide bonds. The largest absolute Gasteiger partial charge is 0.463 e. The van der Waals surface area contributed by atoms with E-state index in [1.54, 1.807) is 6.92 Å². The smallest absolute Gasteiger partial charge is 0.338 e. The second-order valence-electron chi connectivity index (χ2n) is 7.67. The quantitative estimate of drug-likeness (QED) is 0.687. The van der Waals surface area contributed by atoms with Gasteiger partial charge in [-0.15, -0.1) is 0 Å². The van der Waals surface area contributed by atoms with E-state index in [4.69, 9.17) is 4.74 Å². The van der Waals surface area contributed by atoms with Crippen LogP contribution in [0.3, 0.4) is 0 Å². The summed E-state index contributed by atoms with van der Waals surface area (Å²) in [6.07, 6.45) is 1.15. The van der Waals surface area contributed by atoms with Crippen molar-refractivity contribution in [2.45, 2.75) is 33.2 Å². The molecule has 158 valence electrons. The fraction of sp³-hybridized carbons (Fsp3) is 0.545. The number of amides is 2. The van der Waals surface area contributed by atoms with E-state index < -0.39 is 6.04 Å². The SMILES string of the molecule is CCCN1CCN(CC2=C(C(=O)OCC)C(c3ccc(C)cc3)NC(=O)N2)CC1. The van der Waals surface area contributed by atoms with Gasteiger partial charge < -0.3 is 20.3 Å². The lowest BCUT2D eigenvalue weighted by atomic mass is 9.94. The van der Waals surface area contributed by atoms with E-state index in [0.29, 0.717) is 24.4 Å². The summed E-state index contributed by atoms with van der Waals surface area (Å²) >= 11 is 0. The summed E-state index contributed by atoms with van der Waals surface area (Å²) in [5.41, 5.74) is 3.13. The van der Waals surface area contributed by atoms with Crippen molar-refractivity contribution in [3.05, 3.63) is 46.7 Å². The molecule has 7 nitrogen and oxygen atoms in total. The summed E-state index contributed by atoms with van der Waals surface area (Å²) in [6.45, 7) is 11.8. The number of urea groups is 1. The minimum Gasteiger partial charge on any atom is -0.463 e. The molecule has 29 heavy (non-hydrogen) atoms. The maximum absolute atomic E-state index is 12.8. The Labute approximate surface area is 173 Å². The molecule has 0 saturated carbocycles. The Morgan fingerprint density at radius 1 is 1.10 bits per heavy atom. The summed E-state index contributed by atoms with van der Waals surface area (Å²) in [4.78, 5) is 30.0. The fourth-order valence-electron chi connectivity index (χ4n) is 3.91. The number of rotatable bonds is 7. The highest BCUT2D eigenvalue weighted by Crippen LogP contribution is 2.28. The molecule has 0 bridgehead atoms. The predicted molar refractivity (Wildman–Crippen MR) is 112 cm³/mol. The lowest BCUT2D eigenvalue weighted by Crippen LogP contribution is -2.51. The molecule has 1 atom stereocenters. The minimum atomic E-state index is -0.514. The zero-order chi connectivity index (χ0) is 20.8. The predicted octanol–water partition coefficient (Wildman–Crippen LogP) is 2.19.